The summed E-state index contributed by atoms with van der Waals surface area (Å²) in [6.45, 7) is 0. The minimum absolute atomic E-state index is 0.148. The normalized spacial score (nSPS) is 17.0. The molecule has 6 heteroatoms. The first-order chi connectivity index (χ1) is 10.4. The number of halogens is 3. The SMILES string of the molecule is O=C1Nc2ccccc2[C@H]1Cc1ccccc1OC(F)(F)F. The highest BCUT2D eigenvalue weighted by Gasteiger charge is 2.34. The number of amides is 1. The van der Waals surface area contributed by atoms with E-state index < -0.39 is 12.3 Å². The number of alkyl halides is 3. The molecule has 1 heterocycles. The lowest BCUT2D eigenvalue weighted by molar-refractivity contribution is -0.274. The summed E-state index contributed by atoms with van der Waals surface area (Å²) >= 11 is 0. The number of para-hydroxylation sites is 2. The maximum absolute atomic E-state index is 12.4. The molecular formula is C16H12F3NO2. The van der Waals surface area contributed by atoms with E-state index in [-0.39, 0.29) is 18.1 Å². The lowest BCUT2D eigenvalue weighted by Gasteiger charge is -2.15. The molecule has 0 fully saturated rings. The number of anilines is 1. The van der Waals surface area contributed by atoms with Gasteiger partial charge in [0.2, 0.25) is 5.91 Å². The van der Waals surface area contributed by atoms with Crippen LogP contribution in [0, 0.1) is 0 Å². The number of carbonyl (C=O) groups is 1. The Bertz CT molecular complexity index is 713. The first kappa shape index (κ1) is 14.4. The fourth-order valence-electron chi connectivity index (χ4n) is 2.60. The molecular weight excluding hydrogens is 295 g/mol. The standard InChI is InChI=1S/C16H12F3NO2/c17-16(18,19)22-14-8-4-1-5-10(14)9-12-11-6-2-3-7-13(11)20-15(12)21/h1-8,12H,9H2,(H,20,21)/t12-/m1/s1. The zero-order valence-electron chi connectivity index (χ0n) is 11.4. The van der Waals surface area contributed by atoms with Gasteiger partial charge in [-0.25, -0.2) is 0 Å². The first-order valence-electron chi connectivity index (χ1n) is 6.67. The molecule has 1 atom stereocenters. The minimum Gasteiger partial charge on any atom is -0.406 e. The van der Waals surface area contributed by atoms with Gasteiger partial charge >= 0.3 is 6.36 Å². The third kappa shape index (κ3) is 2.90. The average Bonchev–Trinajstić information content (AvgIpc) is 2.76. The van der Waals surface area contributed by atoms with E-state index in [0.29, 0.717) is 11.3 Å². The van der Waals surface area contributed by atoms with Crippen LogP contribution in [0.2, 0.25) is 0 Å². The maximum Gasteiger partial charge on any atom is 0.573 e. The Morgan fingerprint density at radius 1 is 1.05 bits per heavy atom. The molecule has 3 nitrogen and oxygen atoms in total. The highest BCUT2D eigenvalue weighted by atomic mass is 19.4. The van der Waals surface area contributed by atoms with Gasteiger partial charge in [0.1, 0.15) is 5.75 Å². The molecule has 0 aliphatic carbocycles. The highest BCUT2D eigenvalue weighted by molar-refractivity contribution is 6.03. The van der Waals surface area contributed by atoms with Crippen molar-refractivity contribution >= 4 is 11.6 Å². The van der Waals surface area contributed by atoms with Crippen molar-refractivity contribution in [2.45, 2.75) is 18.7 Å². The van der Waals surface area contributed by atoms with Crippen LogP contribution in [-0.4, -0.2) is 12.3 Å². The summed E-state index contributed by atoms with van der Waals surface area (Å²) < 4.78 is 41.4. The van der Waals surface area contributed by atoms with E-state index in [2.05, 4.69) is 10.1 Å². The van der Waals surface area contributed by atoms with Crippen LogP contribution in [0.3, 0.4) is 0 Å². The Morgan fingerprint density at radius 2 is 1.73 bits per heavy atom. The largest absolute Gasteiger partial charge is 0.573 e. The molecule has 1 aliphatic heterocycles. The van der Waals surface area contributed by atoms with Gasteiger partial charge in [0, 0.05) is 5.69 Å². The van der Waals surface area contributed by atoms with E-state index >= 15 is 0 Å². The number of nitrogens with one attached hydrogen (secondary N) is 1. The van der Waals surface area contributed by atoms with Crippen molar-refractivity contribution in [3.05, 3.63) is 59.7 Å². The molecule has 3 rings (SSSR count). The van der Waals surface area contributed by atoms with Crippen LogP contribution in [0.1, 0.15) is 17.0 Å². The Labute approximate surface area is 124 Å². The number of rotatable bonds is 3. The van der Waals surface area contributed by atoms with E-state index in [0.717, 1.165) is 5.56 Å². The zero-order valence-corrected chi connectivity index (χ0v) is 11.4. The lowest BCUT2D eigenvalue weighted by atomic mass is 9.93. The van der Waals surface area contributed by atoms with Crippen LogP contribution in [0.25, 0.3) is 0 Å². The Kier molecular flexibility index (Phi) is 3.52. The second-order valence-electron chi connectivity index (χ2n) is 4.99. The quantitative estimate of drug-likeness (QED) is 0.935. The summed E-state index contributed by atoms with van der Waals surface area (Å²) in [5, 5.41) is 2.73. The molecule has 1 aliphatic rings. The smallest absolute Gasteiger partial charge is 0.406 e. The first-order valence-corrected chi connectivity index (χ1v) is 6.67. The minimum atomic E-state index is -4.76. The predicted molar refractivity (Wildman–Crippen MR) is 74.6 cm³/mol. The van der Waals surface area contributed by atoms with Gasteiger partial charge in [-0.15, -0.1) is 13.2 Å². The van der Waals surface area contributed by atoms with Gasteiger partial charge in [-0.2, -0.15) is 0 Å². The van der Waals surface area contributed by atoms with Gasteiger partial charge in [-0.1, -0.05) is 36.4 Å². The number of ether oxygens (including phenoxy) is 1. The van der Waals surface area contributed by atoms with Gasteiger partial charge in [0.15, 0.2) is 0 Å². The van der Waals surface area contributed by atoms with Crippen molar-refractivity contribution in [2.75, 3.05) is 5.32 Å². The molecule has 0 unspecified atom stereocenters. The number of hydrogen-bond acceptors (Lipinski definition) is 2. The molecule has 1 amide bonds. The van der Waals surface area contributed by atoms with E-state index in [1.54, 1.807) is 30.3 Å². The zero-order chi connectivity index (χ0) is 15.7. The van der Waals surface area contributed by atoms with Crippen LogP contribution in [-0.2, 0) is 11.2 Å². The van der Waals surface area contributed by atoms with Crippen LogP contribution in [0.15, 0.2) is 48.5 Å². The Hall–Kier alpha value is -2.50. The van der Waals surface area contributed by atoms with Gasteiger partial charge in [0.05, 0.1) is 5.92 Å². The number of hydrogen-bond donors (Lipinski definition) is 1. The molecule has 2 aromatic rings. The Balaban J connectivity index is 1.90. The van der Waals surface area contributed by atoms with Gasteiger partial charge in [0.25, 0.3) is 0 Å². The molecule has 0 saturated heterocycles. The molecule has 114 valence electrons. The summed E-state index contributed by atoms with van der Waals surface area (Å²) in [5.41, 5.74) is 1.83. The molecule has 2 aromatic carbocycles. The van der Waals surface area contributed by atoms with Crippen molar-refractivity contribution in [1.82, 2.24) is 0 Å². The summed E-state index contributed by atoms with van der Waals surface area (Å²) in [5.74, 6) is -1.01. The average molecular weight is 307 g/mol. The van der Waals surface area contributed by atoms with E-state index in [1.807, 2.05) is 0 Å². The van der Waals surface area contributed by atoms with E-state index in [4.69, 9.17) is 0 Å². The fraction of sp³-hybridized carbons (Fsp3) is 0.188. The predicted octanol–water partition coefficient (Wildman–Crippen LogP) is 3.86. The molecule has 0 aromatic heterocycles. The fourth-order valence-corrected chi connectivity index (χ4v) is 2.60. The Morgan fingerprint density at radius 3 is 2.50 bits per heavy atom. The van der Waals surface area contributed by atoms with Crippen LogP contribution in [0.5, 0.6) is 5.75 Å². The van der Waals surface area contributed by atoms with E-state index in [1.165, 1.54) is 18.2 Å². The van der Waals surface area contributed by atoms with Crippen molar-refractivity contribution in [2.24, 2.45) is 0 Å². The van der Waals surface area contributed by atoms with E-state index in [9.17, 15) is 18.0 Å². The molecule has 0 spiro atoms. The van der Waals surface area contributed by atoms with Crippen LogP contribution >= 0.6 is 0 Å². The second kappa shape index (κ2) is 5.36. The van der Waals surface area contributed by atoms with Gasteiger partial charge in [-0.3, -0.25) is 4.79 Å². The molecule has 0 bridgehead atoms. The second-order valence-corrected chi connectivity index (χ2v) is 4.99. The highest BCUT2D eigenvalue weighted by Crippen LogP contribution is 2.37. The van der Waals surface area contributed by atoms with Crippen molar-refractivity contribution < 1.29 is 22.7 Å². The lowest BCUT2D eigenvalue weighted by Crippen LogP contribution is -2.19. The summed E-state index contributed by atoms with van der Waals surface area (Å²) in [6, 6.07) is 13.0. The summed E-state index contributed by atoms with van der Waals surface area (Å²) in [7, 11) is 0. The number of benzene rings is 2. The van der Waals surface area contributed by atoms with Crippen molar-refractivity contribution in [1.29, 1.82) is 0 Å². The number of fused-ring (bicyclic) bond motifs is 1. The number of carbonyl (C=O) groups excluding carboxylic acids is 1. The van der Waals surface area contributed by atoms with Crippen LogP contribution in [0.4, 0.5) is 18.9 Å². The molecule has 0 radical (unpaired) electrons. The van der Waals surface area contributed by atoms with Gasteiger partial charge in [-0.05, 0) is 29.7 Å². The van der Waals surface area contributed by atoms with Crippen molar-refractivity contribution in [3.8, 4) is 5.75 Å². The summed E-state index contributed by atoms with van der Waals surface area (Å²) in [6.07, 6.45) is -4.61. The summed E-state index contributed by atoms with van der Waals surface area (Å²) in [4.78, 5) is 12.1. The maximum atomic E-state index is 12.4. The van der Waals surface area contributed by atoms with Gasteiger partial charge < -0.3 is 10.1 Å². The third-order valence-electron chi connectivity index (χ3n) is 3.53. The van der Waals surface area contributed by atoms with Crippen molar-refractivity contribution in [3.63, 3.8) is 0 Å². The molecule has 22 heavy (non-hydrogen) atoms. The topological polar surface area (TPSA) is 38.3 Å². The molecule has 0 saturated carbocycles. The third-order valence-corrected chi connectivity index (χ3v) is 3.53. The van der Waals surface area contributed by atoms with Crippen LogP contribution < -0.4 is 10.1 Å². The molecule has 1 N–H and O–H groups in total. The monoisotopic (exact) mass is 307 g/mol.